The number of hydrogen-bond acceptors (Lipinski definition) is 3. The standard InChI is InChI=1S/C20H25ClN2S/c1-2-5-19(23-14-12-22-13-15-23)18-6-3-4-7-20(18)24-17-10-8-16(21)9-11-17/h3-4,6-11,19,22H,2,5,12-15H2,1H3/t19-/m0/s1. The molecular weight excluding hydrogens is 336 g/mol. The lowest BCUT2D eigenvalue weighted by Crippen LogP contribution is -2.45. The highest BCUT2D eigenvalue weighted by Gasteiger charge is 2.23. The molecule has 1 aliphatic heterocycles. The molecule has 1 fully saturated rings. The molecule has 1 atom stereocenters. The monoisotopic (exact) mass is 360 g/mol. The van der Waals surface area contributed by atoms with Crippen LogP contribution in [0.3, 0.4) is 0 Å². The fourth-order valence-electron chi connectivity index (χ4n) is 3.28. The van der Waals surface area contributed by atoms with Gasteiger partial charge in [-0.3, -0.25) is 4.90 Å². The largest absolute Gasteiger partial charge is 0.314 e. The van der Waals surface area contributed by atoms with Crippen LogP contribution < -0.4 is 5.32 Å². The first-order valence-corrected chi connectivity index (χ1v) is 9.94. The number of nitrogens with zero attached hydrogens (tertiary/aromatic N) is 1. The summed E-state index contributed by atoms with van der Waals surface area (Å²) in [5.74, 6) is 0. The summed E-state index contributed by atoms with van der Waals surface area (Å²) in [7, 11) is 0. The van der Waals surface area contributed by atoms with E-state index >= 15 is 0 Å². The molecule has 1 aliphatic rings. The first-order valence-electron chi connectivity index (χ1n) is 8.75. The Morgan fingerprint density at radius 3 is 2.50 bits per heavy atom. The number of piperazine rings is 1. The molecule has 2 aromatic rings. The van der Waals surface area contributed by atoms with E-state index in [4.69, 9.17) is 11.6 Å². The zero-order chi connectivity index (χ0) is 16.8. The first-order chi connectivity index (χ1) is 11.8. The Kier molecular flexibility index (Phi) is 6.61. The third kappa shape index (κ3) is 4.54. The van der Waals surface area contributed by atoms with E-state index in [-0.39, 0.29) is 0 Å². The Bertz CT molecular complexity index is 638. The van der Waals surface area contributed by atoms with Crippen LogP contribution in [-0.2, 0) is 0 Å². The van der Waals surface area contributed by atoms with Crippen molar-refractivity contribution < 1.29 is 0 Å². The van der Waals surface area contributed by atoms with Crippen molar-refractivity contribution in [3.8, 4) is 0 Å². The van der Waals surface area contributed by atoms with Crippen molar-refractivity contribution in [2.45, 2.75) is 35.6 Å². The third-order valence-electron chi connectivity index (χ3n) is 4.47. The van der Waals surface area contributed by atoms with Gasteiger partial charge in [0.05, 0.1) is 0 Å². The lowest BCUT2D eigenvalue weighted by atomic mass is 10.00. The summed E-state index contributed by atoms with van der Waals surface area (Å²) in [5, 5.41) is 4.25. The fourth-order valence-corrected chi connectivity index (χ4v) is 4.40. The summed E-state index contributed by atoms with van der Waals surface area (Å²) in [6, 6.07) is 17.5. The number of rotatable bonds is 6. The van der Waals surface area contributed by atoms with Gasteiger partial charge >= 0.3 is 0 Å². The predicted molar refractivity (Wildman–Crippen MR) is 104 cm³/mol. The summed E-state index contributed by atoms with van der Waals surface area (Å²) in [5.41, 5.74) is 1.46. The van der Waals surface area contributed by atoms with E-state index in [0.717, 1.165) is 31.2 Å². The summed E-state index contributed by atoms with van der Waals surface area (Å²) < 4.78 is 0. The molecule has 1 heterocycles. The van der Waals surface area contributed by atoms with Crippen LogP contribution in [0.15, 0.2) is 58.3 Å². The minimum Gasteiger partial charge on any atom is -0.314 e. The van der Waals surface area contributed by atoms with Crippen LogP contribution in [0.2, 0.25) is 5.02 Å². The molecule has 0 unspecified atom stereocenters. The average Bonchev–Trinajstić information content (AvgIpc) is 2.63. The van der Waals surface area contributed by atoms with Gasteiger partial charge in [-0.15, -0.1) is 0 Å². The number of hydrogen-bond donors (Lipinski definition) is 1. The zero-order valence-electron chi connectivity index (χ0n) is 14.2. The van der Waals surface area contributed by atoms with Gasteiger partial charge in [-0.2, -0.15) is 0 Å². The molecule has 3 rings (SSSR count). The first kappa shape index (κ1) is 17.8. The summed E-state index contributed by atoms with van der Waals surface area (Å²) in [6.07, 6.45) is 2.41. The van der Waals surface area contributed by atoms with E-state index in [2.05, 4.69) is 53.5 Å². The van der Waals surface area contributed by atoms with Crippen molar-refractivity contribution in [3.63, 3.8) is 0 Å². The molecule has 0 spiro atoms. The van der Waals surface area contributed by atoms with E-state index in [1.165, 1.54) is 28.2 Å². The van der Waals surface area contributed by atoms with E-state index in [0.29, 0.717) is 6.04 Å². The van der Waals surface area contributed by atoms with Gasteiger partial charge in [0.1, 0.15) is 0 Å². The van der Waals surface area contributed by atoms with Gasteiger partial charge in [0, 0.05) is 47.0 Å². The summed E-state index contributed by atoms with van der Waals surface area (Å²) in [4.78, 5) is 5.24. The van der Waals surface area contributed by atoms with Crippen molar-refractivity contribution in [2.75, 3.05) is 26.2 Å². The number of benzene rings is 2. The third-order valence-corrected chi connectivity index (χ3v) is 5.83. The second-order valence-electron chi connectivity index (χ2n) is 6.18. The van der Waals surface area contributed by atoms with Gasteiger partial charge in [-0.25, -0.2) is 0 Å². The van der Waals surface area contributed by atoms with E-state index < -0.39 is 0 Å². The molecular formula is C20H25ClN2S. The zero-order valence-corrected chi connectivity index (χ0v) is 15.7. The molecule has 2 nitrogen and oxygen atoms in total. The lowest BCUT2D eigenvalue weighted by molar-refractivity contribution is 0.163. The maximum absolute atomic E-state index is 6.02. The molecule has 0 bridgehead atoms. The van der Waals surface area contributed by atoms with E-state index in [1.54, 1.807) is 0 Å². The highest BCUT2D eigenvalue weighted by atomic mass is 35.5. The minimum atomic E-state index is 0.508. The SMILES string of the molecule is CCC[C@@H](c1ccccc1Sc1ccc(Cl)cc1)N1CCNCC1. The van der Waals surface area contributed by atoms with Gasteiger partial charge in [0.15, 0.2) is 0 Å². The smallest absolute Gasteiger partial charge is 0.0406 e. The van der Waals surface area contributed by atoms with E-state index in [1.807, 2.05) is 23.9 Å². The maximum Gasteiger partial charge on any atom is 0.0406 e. The van der Waals surface area contributed by atoms with Crippen molar-refractivity contribution in [1.29, 1.82) is 0 Å². The van der Waals surface area contributed by atoms with Crippen molar-refractivity contribution in [3.05, 3.63) is 59.1 Å². The molecule has 128 valence electrons. The topological polar surface area (TPSA) is 15.3 Å². The van der Waals surface area contributed by atoms with E-state index in [9.17, 15) is 0 Å². The molecule has 0 radical (unpaired) electrons. The lowest BCUT2D eigenvalue weighted by Gasteiger charge is -2.36. The maximum atomic E-state index is 6.02. The fraction of sp³-hybridized carbons (Fsp3) is 0.400. The highest BCUT2D eigenvalue weighted by Crippen LogP contribution is 2.37. The Hall–Kier alpha value is -1.00. The van der Waals surface area contributed by atoms with Gasteiger partial charge in [-0.1, -0.05) is 54.9 Å². The van der Waals surface area contributed by atoms with Crippen LogP contribution in [0.1, 0.15) is 31.4 Å². The molecule has 0 aliphatic carbocycles. The quantitative estimate of drug-likeness (QED) is 0.758. The van der Waals surface area contributed by atoms with Gasteiger partial charge in [0.25, 0.3) is 0 Å². The van der Waals surface area contributed by atoms with Crippen molar-refractivity contribution in [1.82, 2.24) is 10.2 Å². The second-order valence-corrected chi connectivity index (χ2v) is 7.74. The van der Waals surface area contributed by atoms with Crippen LogP contribution in [-0.4, -0.2) is 31.1 Å². The number of nitrogens with one attached hydrogen (secondary N) is 1. The van der Waals surface area contributed by atoms with Crippen LogP contribution >= 0.6 is 23.4 Å². The van der Waals surface area contributed by atoms with Gasteiger partial charge < -0.3 is 5.32 Å². The molecule has 0 aromatic heterocycles. The van der Waals surface area contributed by atoms with Gasteiger partial charge in [0.2, 0.25) is 0 Å². The van der Waals surface area contributed by atoms with Gasteiger partial charge in [-0.05, 0) is 42.3 Å². The Morgan fingerprint density at radius 1 is 1.08 bits per heavy atom. The average molecular weight is 361 g/mol. The van der Waals surface area contributed by atoms with Crippen LogP contribution in [0.5, 0.6) is 0 Å². The van der Waals surface area contributed by atoms with Crippen molar-refractivity contribution in [2.24, 2.45) is 0 Å². The molecule has 4 heteroatoms. The van der Waals surface area contributed by atoms with Crippen LogP contribution in [0, 0.1) is 0 Å². The molecule has 1 N–H and O–H groups in total. The summed E-state index contributed by atoms with van der Waals surface area (Å²) >= 11 is 7.86. The molecule has 2 aromatic carbocycles. The Morgan fingerprint density at radius 2 is 1.79 bits per heavy atom. The molecule has 24 heavy (non-hydrogen) atoms. The minimum absolute atomic E-state index is 0.508. The normalized spacial score (nSPS) is 16.9. The highest BCUT2D eigenvalue weighted by molar-refractivity contribution is 7.99. The van der Waals surface area contributed by atoms with Crippen LogP contribution in [0.4, 0.5) is 0 Å². The molecule has 1 saturated heterocycles. The summed E-state index contributed by atoms with van der Waals surface area (Å²) in [6.45, 7) is 6.72. The molecule has 0 amide bonds. The number of halogens is 1. The molecule has 0 saturated carbocycles. The predicted octanol–water partition coefficient (Wildman–Crippen LogP) is 5.24. The van der Waals surface area contributed by atoms with Crippen LogP contribution in [0.25, 0.3) is 0 Å². The Labute approximate surface area is 154 Å². The van der Waals surface area contributed by atoms with Crippen molar-refractivity contribution >= 4 is 23.4 Å². The second kappa shape index (κ2) is 8.91. The Balaban J connectivity index is 1.86.